The summed E-state index contributed by atoms with van der Waals surface area (Å²) in [6.45, 7) is 0.597. The first-order chi connectivity index (χ1) is 14.5. The predicted molar refractivity (Wildman–Crippen MR) is 125 cm³/mol. The third kappa shape index (κ3) is 6.01. The van der Waals surface area contributed by atoms with Crippen LogP contribution in [0.1, 0.15) is 48.9 Å². The third-order valence-corrected chi connectivity index (χ3v) is 8.64. The normalized spacial score (nSPS) is 15.0. The largest absolute Gasteiger partial charge is 0.352 e. The SMILES string of the molecule is CN(c1ccccc1)S(=O)(=O)c1cccc(C(=O)NCCCSC2CCCCC2)c1. The van der Waals surface area contributed by atoms with Gasteiger partial charge in [0, 0.05) is 24.4 Å². The fourth-order valence-corrected chi connectivity index (χ4v) is 6.14. The summed E-state index contributed by atoms with van der Waals surface area (Å²) in [7, 11) is -2.22. The number of carbonyl (C=O) groups excluding carboxylic acids is 1. The molecule has 162 valence electrons. The maximum Gasteiger partial charge on any atom is 0.264 e. The van der Waals surface area contributed by atoms with Crippen molar-refractivity contribution in [2.75, 3.05) is 23.7 Å². The number of anilines is 1. The Labute approximate surface area is 184 Å². The maximum atomic E-state index is 12.9. The standard InChI is InChI=1S/C23H30N2O3S2/c1-25(20-11-4-2-5-12-20)30(27,28)22-15-8-10-19(18-22)23(26)24-16-9-17-29-21-13-6-3-7-14-21/h2,4-5,8,10-12,15,18,21H,3,6-7,9,13-14,16-17H2,1H3,(H,24,26). The monoisotopic (exact) mass is 446 g/mol. The number of nitrogens with zero attached hydrogens (tertiary/aromatic N) is 1. The van der Waals surface area contributed by atoms with Crippen LogP contribution in [0.2, 0.25) is 0 Å². The lowest BCUT2D eigenvalue weighted by molar-refractivity contribution is 0.0953. The van der Waals surface area contributed by atoms with E-state index in [1.165, 1.54) is 55.6 Å². The van der Waals surface area contributed by atoms with Gasteiger partial charge < -0.3 is 5.32 Å². The molecule has 3 rings (SSSR count). The smallest absolute Gasteiger partial charge is 0.264 e. The van der Waals surface area contributed by atoms with Crippen molar-refractivity contribution in [2.24, 2.45) is 0 Å². The zero-order valence-corrected chi connectivity index (χ0v) is 19.1. The molecule has 0 spiro atoms. The van der Waals surface area contributed by atoms with E-state index < -0.39 is 10.0 Å². The van der Waals surface area contributed by atoms with Gasteiger partial charge in [0.15, 0.2) is 0 Å². The Bertz CT molecular complexity index is 926. The molecule has 0 saturated heterocycles. The van der Waals surface area contributed by atoms with Gasteiger partial charge in [0.05, 0.1) is 10.6 Å². The number of rotatable bonds is 9. The van der Waals surface area contributed by atoms with Crippen molar-refractivity contribution in [3.05, 3.63) is 60.2 Å². The van der Waals surface area contributed by atoms with Crippen LogP contribution in [0.15, 0.2) is 59.5 Å². The first-order valence-electron chi connectivity index (χ1n) is 10.5. The second kappa shape index (κ2) is 10.9. The first kappa shape index (κ1) is 22.7. The fraction of sp³-hybridized carbons (Fsp3) is 0.435. The number of hydrogen-bond acceptors (Lipinski definition) is 4. The van der Waals surface area contributed by atoms with Gasteiger partial charge in [-0.1, -0.05) is 43.5 Å². The Morgan fingerprint density at radius 1 is 1.07 bits per heavy atom. The van der Waals surface area contributed by atoms with Crippen LogP contribution in [0.4, 0.5) is 5.69 Å². The van der Waals surface area contributed by atoms with E-state index in [9.17, 15) is 13.2 Å². The highest BCUT2D eigenvalue weighted by molar-refractivity contribution is 7.99. The van der Waals surface area contributed by atoms with E-state index in [1.54, 1.807) is 36.4 Å². The van der Waals surface area contributed by atoms with E-state index in [0.717, 1.165) is 17.4 Å². The van der Waals surface area contributed by atoms with Crippen LogP contribution in [0.3, 0.4) is 0 Å². The zero-order chi connectivity index (χ0) is 21.4. The van der Waals surface area contributed by atoms with Crippen molar-refractivity contribution in [3.63, 3.8) is 0 Å². The molecule has 0 unspecified atom stereocenters. The highest BCUT2D eigenvalue weighted by Crippen LogP contribution is 2.28. The van der Waals surface area contributed by atoms with E-state index in [2.05, 4.69) is 5.32 Å². The molecule has 1 amide bonds. The molecule has 1 saturated carbocycles. The van der Waals surface area contributed by atoms with Crippen LogP contribution in [-0.4, -0.2) is 38.9 Å². The second-order valence-corrected chi connectivity index (χ2v) is 11.0. The van der Waals surface area contributed by atoms with Crippen molar-refractivity contribution in [2.45, 2.75) is 48.7 Å². The van der Waals surface area contributed by atoms with Gasteiger partial charge in [-0.2, -0.15) is 11.8 Å². The minimum atomic E-state index is -3.74. The van der Waals surface area contributed by atoms with Gasteiger partial charge in [0.25, 0.3) is 15.9 Å². The van der Waals surface area contributed by atoms with Crippen LogP contribution in [0.5, 0.6) is 0 Å². The van der Waals surface area contributed by atoms with Crippen LogP contribution in [-0.2, 0) is 10.0 Å². The van der Waals surface area contributed by atoms with E-state index >= 15 is 0 Å². The number of carbonyl (C=O) groups is 1. The van der Waals surface area contributed by atoms with Crippen molar-refractivity contribution < 1.29 is 13.2 Å². The predicted octanol–water partition coefficient (Wildman–Crippen LogP) is 4.70. The molecule has 0 aromatic heterocycles. The summed E-state index contributed by atoms with van der Waals surface area (Å²) in [6, 6.07) is 15.1. The van der Waals surface area contributed by atoms with Crippen LogP contribution < -0.4 is 9.62 Å². The quantitative estimate of drug-likeness (QED) is 0.567. The van der Waals surface area contributed by atoms with Gasteiger partial charge in [0.2, 0.25) is 0 Å². The number of benzene rings is 2. The summed E-state index contributed by atoms with van der Waals surface area (Å²) >= 11 is 2.02. The summed E-state index contributed by atoms with van der Waals surface area (Å²) in [5.74, 6) is 0.804. The average molecular weight is 447 g/mol. The number of thioether (sulfide) groups is 1. The molecule has 7 heteroatoms. The molecule has 0 heterocycles. The van der Waals surface area contributed by atoms with E-state index in [0.29, 0.717) is 17.8 Å². The summed E-state index contributed by atoms with van der Waals surface area (Å²) in [6.07, 6.45) is 7.59. The van der Waals surface area contributed by atoms with Crippen molar-refractivity contribution in [1.82, 2.24) is 5.32 Å². The number of nitrogens with one attached hydrogen (secondary N) is 1. The molecule has 0 atom stereocenters. The highest BCUT2D eigenvalue weighted by Gasteiger charge is 2.22. The first-order valence-corrected chi connectivity index (χ1v) is 13.0. The van der Waals surface area contributed by atoms with Crippen LogP contribution >= 0.6 is 11.8 Å². The van der Waals surface area contributed by atoms with Gasteiger partial charge in [-0.25, -0.2) is 8.42 Å². The Morgan fingerprint density at radius 2 is 1.80 bits per heavy atom. The van der Waals surface area contributed by atoms with Crippen molar-refractivity contribution >= 4 is 33.4 Å². The average Bonchev–Trinajstić information content (AvgIpc) is 2.79. The number of amides is 1. The fourth-order valence-electron chi connectivity index (χ4n) is 3.59. The Hall–Kier alpha value is -1.99. The molecule has 2 aromatic carbocycles. The van der Waals surface area contributed by atoms with Gasteiger partial charge in [-0.15, -0.1) is 0 Å². The summed E-state index contributed by atoms with van der Waals surface area (Å²) in [4.78, 5) is 12.6. The molecule has 5 nitrogen and oxygen atoms in total. The molecular formula is C23H30N2O3S2. The van der Waals surface area contributed by atoms with E-state index in [-0.39, 0.29) is 10.8 Å². The van der Waals surface area contributed by atoms with Crippen molar-refractivity contribution in [3.8, 4) is 0 Å². The Balaban J connectivity index is 1.54. The third-order valence-electron chi connectivity index (χ3n) is 5.39. The lowest BCUT2D eigenvalue weighted by Crippen LogP contribution is -2.28. The maximum absolute atomic E-state index is 12.9. The molecule has 1 fully saturated rings. The molecule has 1 aliphatic carbocycles. The van der Waals surface area contributed by atoms with Crippen LogP contribution in [0, 0.1) is 0 Å². The number of hydrogen-bond donors (Lipinski definition) is 1. The van der Waals surface area contributed by atoms with Gasteiger partial charge >= 0.3 is 0 Å². The molecular weight excluding hydrogens is 416 g/mol. The molecule has 0 bridgehead atoms. The number of para-hydroxylation sites is 1. The second-order valence-electron chi connectivity index (χ2n) is 7.58. The summed E-state index contributed by atoms with van der Waals surface area (Å²) in [5, 5.41) is 3.69. The van der Waals surface area contributed by atoms with Crippen LogP contribution in [0.25, 0.3) is 0 Å². The molecule has 1 aliphatic rings. The van der Waals surface area contributed by atoms with E-state index in [1.807, 2.05) is 17.8 Å². The number of sulfonamides is 1. The minimum absolute atomic E-state index is 0.106. The van der Waals surface area contributed by atoms with E-state index in [4.69, 9.17) is 0 Å². The Morgan fingerprint density at radius 3 is 2.53 bits per heavy atom. The molecule has 30 heavy (non-hydrogen) atoms. The topological polar surface area (TPSA) is 66.5 Å². The van der Waals surface area contributed by atoms with Gasteiger partial charge in [-0.05, 0) is 55.3 Å². The van der Waals surface area contributed by atoms with Crippen molar-refractivity contribution in [1.29, 1.82) is 0 Å². The zero-order valence-electron chi connectivity index (χ0n) is 17.4. The Kier molecular flexibility index (Phi) is 8.22. The summed E-state index contributed by atoms with van der Waals surface area (Å²) in [5.41, 5.74) is 0.931. The van der Waals surface area contributed by atoms with Gasteiger partial charge in [0.1, 0.15) is 0 Å². The molecule has 0 radical (unpaired) electrons. The molecule has 1 N–H and O–H groups in total. The lowest BCUT2D eigenvalue weighted by atomic mass is 10.0. The molecule has 2 aromatic rings. The minimum Gasteiger partial charge on any atom is -0.352 e. The van der Waals surface area contributed by atoms with Gasteiger partial charge in [-0.3, -0.25) is 9.10 Å². The highest BCUT2D eigenvalue weighted by atomic mass is 32.2. The lowest BCUT2D eigenvalue weighted by Gasteiger charge is -2.20. The molecule has 0 aliphatic heterocycles. The summed E-state index contributed by atoms with van der Waals surface area (Å²) < 4.78 is 27.1.